The van der Waals surface area contributed by atoms with Gasteiger partial charge in [0.1, 0.15) is 18.1 Å². The second-order valence-electron chi connectivity index (χ2n) is 5.12. The van der Waals surface area contributed by atoms with Crippen LogP contribution < -0.4 is 4.74 Å². The molecule has 0 unspecified atom stereocenters. The molecule has 0 bridgehead atoms. The van der Waals surface area contributed by atoms with Crippen molar-refractivity contribution < 1.29 is 18.7 Å². The molecule has 24 heavy (non-hydrogen) atoms. The number of aryl methyl sites for hydroxylation is 2. The molecule has 1 aromatic carbocycles. The maximum Gasteiger partial charge on any atom is 0.338 e. The number of carbonyl (C=O) groups is 1. The number of benzene rings is 1. The number of thiazole rings is 1. The highest BCUT2D eigenvalue weighted by Crippen LogP contribution is 2.17. The van der Waals surface area contributed by atoms with E-state index in [-0.39, 0.29) is 6.61 Å². The highest BCUT2D eigenvalue weighted by atomic mass is 32.1. The molecule has 0 radical (unpaired) electrons. The Morgan fingerprint density at radius 2 is 2.17 bits per heavy atom. The van der Waals surface area contributed by atoms with Gasteiger partial charge >= 0.3 is 5.97 Å². The second kappa shape index (κ2) is 7.27. The number of nitrogens with zero attached hydrogens (tertiary/aromatic N) is 2. The lowest BCUT2D eigenvalue weighted by atomic mass is 10.2. The number of ether oxygens (including phenoxy) is 2. The van der Waals surface area contributed by atoms with Gasteiger partial charge in [-0.25, -0.2) is 14.8 Å². The average Bonchev–Trinajstić information content (AvgIpc) is 3.21. The van der Waals surface area contributed by atoms with Crippen LogP contribution in [0, 0.1) is 13.8 Å². The van der Waals surface area contributed by atoms with E-state index in [1.165, 1.54) is 11.3 Å². The molecule has 6 nitrogen and oxygen atoms in total. The Balaban J connectivity index is 1.59. The molecule has 2 aromatic heterocycles. The minimum absolute atomic E-state index is 0.00256. The predicted molar refractivity (Wildman–Crippen MR) is 88.0 cm³/mol. The highest BCUT2D eigenvalue weighted by Gasteiger charge is 2.12. The van der Waals surface area contributed by atoms with E-state index in [1.54, 1.807) is 29.8 Å². The van der Waals surface area contributed by atoms with Crippen LogP contribution in [-0.2, 0) is 18.0 Å². The van der Waals surface area contributed by atoms with Gasteiger partial charge in [-0.15, -0.1) is 11.3 Å². The lowest BCUT2D eigenvalue weighted by Gasteiger charge is -2.07. The number of oxazole rings is 1. The Morgan fingerprint density at radius 1 is 1.29 bits per heavy atom. The summed E-state index contributed by atoms with van der Waals surface area (Å²) < 4.78 is 16.2. The summed E-state index contributed by atoms with van der Waals surface area (Å²) in [5.41, 5.74) is 3.80. The van der Waals surface area contributed by atoms with Gasteiger partial charge in [-0.05, 0) is 32.0 Å². The number of esters is 1. The van der Waals surface area contributed by atoms with Crippen molar-refractivity contribution in [1.82, 2.24) is 9.97 Å². The maximum absolute atomic E-state index is 12.1. The van der Waals surface area contributed by atoms with Crippen LogP contribution in [0.1, 0.15) is 33.4 Å². The first-order valence-corrected chi connectivity index (χ1v) is 8.26. The molecule has 0 aliphatic carbocycles. The largest absolute Gasteiger partial charge is 0.487 e. The van der Waals surface area contributed by atoms with Crippen LogP contribution in [0.4, 0.5) is 0 Å². The van der Waals surface area contributed by atoms with E-state index >= 15 is 0 Å². The highest BCUT2D eigenvalue weighted by molar-refractivity contribution is 7.07. The van der Waals surface area contributed by atoms with Gasteiger partial charge in [0, 0.05) is 5.38 Å². The van der Waals surface area contributed by atoms with Crippen molar-refractivity contribution in [2.75, 3.05) is 0 Å². The predicted octanol–water partition coefficient (Wildman–Crippen LogP) is 3.68. The quantitative estimate of drug-likeness (QED) is 0.635. The van der Waals surface area contributed by atoms with Crippen molar-refractivity contribution in [3.05, 3.63) is 63.8 Å². The molecule has 0 spiro atoms. The number of rotatable bonds is 6. The third-order valence-corrected chi connectivity index (χ3v) is 3.97. The maximum atomic E-state index is 12.1. The molecule has 0 atom stereocenters. The van der Waals surface area contributed by atoms with Crippen LogP contribution in [-0.4, -0.2) is 15.9 Å². The van der Waals surface area contributed by atoms with Gasteiger partial charge in [0.15, 0.2) is 6.61 Å². The first-order valence-electron chi connectivity index (χ1n) is 7.32. The molecule has 0 aliphatic heterocycles. The van der Waals surface area contributed by atoms with Crippen LogP contribution in [0.15, 0.2) is 39.6 Å². The molecule has 0 amide bonds. The Hall–Kier alpha value is -2.67. The molecule has 7 heteroatoms. The van der Waals surface area contributed by atoms with E-state index in [0.29, 0.717) is 23.8 Å². The zero-order valence-electron chi connectivity index (χ0n) is 13.3. The second-order valence-corrected chi connectivity index (χ2v) is 5.84. The summed E-state index contributed by atoms with van der Waals surface area (Å²) >= 11 is 1.51. The van der Waals surface area contributed by atoms with Crippen molar-refractivity contribution in [3.8, 4) is 5.75 Å². The topological polar surface area (TPSA) is 74.5 Å². The molecule has 0 saturated carbocycles. The Bertz CT molecular complexity index is 807. The van der Waals surface area contributed by atoms with Gasteiger partial charge in [0.25, 0.3) is 0 Å². The molecule has 0 saturated heterocycles. The smallest absolute Gasteiger partial charge is 0.338 e. The Kier molecular flexibility index (Phi) is 4.90. The third-order valence-electron chi connectivity index (χ3n) is 3.34. The van der Waals surface area contributed by atoms with Crippen molar-refractivity contribution in [1.29, 1.82) is 0 Å². The van der Waals surface area contributed by atoms with Gasteiger partial charge < -0.3 is 13.9 Å². The van der Waals surface area contributed by atoms with Crippen LogP contribution in [0.25, 0.3) is 0 Å². The lowest BCUT2D eigenvalue weighted by Crippen LogP contribution is -2.06. The third kappa shape index (κ3) is 3.99. The summed E-state index contributed by atoms with van der Waals surface area (Å²) in [6, 6.07) is 6.83. The molecular formula is C17H16N2O4S. The summed E-state index contributed by atoms with van der Waals surface area (Å²) in [5, 5.41) is 1.92. The minimum Gasteiger partial charge on any atom is -0.487 e. The van der Waals surface area contributed by atoms with Gasteiger partial charge in [0.2, 0.25) is 5.89 Å². The number of hydrogen-bond donors (Lipinski definition) is 0. The molecule has 2 heterocycles. The van der Waals surface area contributed by atoms with E-state index in [4.69, 9.17) is 13.9 Å². The Morgan fingerprint density at radius 3 is 2.88 bits per heavy atom. The van der Waals surface area contributed by atoms with Crippen LogP contribution in [0.5, 0.6) is 5.75 Å². The Labute approximate surface area is 143 Å². The van der Waals surface area contributed by atoms with Gasteiger partial charge in [-0.3, -0.25) is 0 Å². The van der Waals surface area contributed by atoms with Crippen molar-refractivity contribution in [2.45, 2.75) is 27.1 Å². The van der Waals surface area contributed by atoms with Crippen LogP contribution >= 0.6 is 11.3 Å². The zero-order chi connectivity index (χ0) is 16.9. The van der Waals surface area contributed by atoms with Gasteiger partial charge in [-0.2, -0.15) is 0 Å². The molecule has 3 rings (SSSR count). The van der Waals surface area contributed by atoms with E-state index in [2.05, 4.69) is 9.97 Å². The number of carbonyl (C=O) groups excluding carboxylic acids is 1. The summed E-state index contributed by atoms with van der Waals surface area (Å²) in [5.74, 6) is 1.23. The average molecular weight is 344 g/mol. The minimum atomic E-state index is -0.456. The van der Waals surface area contributed by atoms with E-state index in [9.17, 15) is 4.79 Å². The molecule has 3 aromatic rings. The van der Waals surface area contributed by atoms with Gasteiger partial charge in [0.05, 0.1) is 22.5 Å². The van der Waals surface area contributed by atoms with Crippen molar-refractivity contribution in [2.24, 2.45) is 0 Å². The normalized spacial score (nSPS) is 10.6. The fraction of sp³-hybridized carbons (Fsp3) is 0.235. The fourth-order valence-corrected chi connectivity index (χ4v) is 2.53. The lowest BCUT2D eigenvalue weighted by molar-refractivity contribution is 0.0436. The van der Waals surface area contributed by atoms with E-state index < -0.39 is 5.97 Å². The van der Waals surface area contributed by atoms with Gasteiger partial charge in [-0.1, -0.05) is 6.07 Å². The summed E-state index contributed by atoms with van der Waals surface area (Å²) in [7, 11) is 0. The molecule has 0 N–H and O–H groups in total. The number of aromatic nitrogens is 2. The molecular weight excluding hydrogens is 328 g/mol. The van der Waals surface area contributed by atoms with Crippen LogP contribution in [0.3, 0.4) is 0 Å². The molecule has 124 valence electrons. The van der Waals surface area contributed by atoms with Crippen molar-refractivity contribution >= 4 is 17.3 Å². The molecule has 0 aliphatic rings. The van der Waals surface area contributed by atoms with E-state index in [0.717, 1.165) is 17.1 Å². The summed E-state index contributed by atoms with van der Waals surface area (Å²) in [6.07, 6.45) is 0. The first kappa shape index (κ1) is 16.2. The molecule has 0 fully saturated rings. The number of hydrogen-bond acceptors (Lipinski definition) is 7. The van der Waals surface area contributed by atoms with Crippen LogP contribution in [0.2, 0.25) is 0 Å². The standard InChI is InChI=1S/C17H16N2O4S/c1-11-12(2)23-16(19-11)8-22-17(20)13-4-3-5-15(6-13)21-7-14-9-24-10-18-14/h3-6,9-10H,7-8H2,1-2H3. The summed E-state index contributed by atoms with van der Waals surface area (Å²) in [6.45, 7) is 4.01. The zero-order valence-corrected chi connectivity index (χ0v) is 14.1. The van der Waals surface area contributed by atoms with Crippen molar-refractivity contribution in [3.63, 3.8) is 0 Å². The monoisotopic (exact) mass is 344 g/mol. The summed E-state index contributed by atoms with van der Waals surface area (Å²) in [4.78, 5) is 20.5. The first-order chi connectivity index (χ1) is 11.6. The fourth-order valence-electron chi connectivity index (χ4n) is 1.99. The SMILES string of the molecule is Cc1nc(COC(=O)c2cccc(OCc3cscn3)c2)oc1C. The van der Waals surface area contributed by atoms with E-state index in [1.807, 2.05) is 19.2 Å².